The Kier molecular flexibility index (Phi) is 6.50. The standard InChI is InChI=1S/C21H23ClN2O5S/c1-23-30(27,28)16-8-9-18(22)17(14-16)19(25)24-12-10-21(11-13-24,20(26)29-2)15-6-4-3-5-7-15/h3-9,14,23H,10-13H2,1-2H3. The summed E-state index contributed by atoms with van der Waals surface area (Å²) in [6, 6.07) is 13.4. The molecule has 1 saturated heterocycles. The number of halogens is 1. The van der Waals surface area contributed by atoms with Crippen LogP contribution in [0.3, 0.4) is 0 Å². The Morgan fingerprint density at radius 1 is 1.10 bits per heavy atom. The summed E-state index contributed by atoms with van der Waals surface area (Å²) < 4.78 is 31.5. The molecule has 30 heavy (non-hydrogen) atoms. The first kappa shape index (κ1) is 22.3. The van der Waals surface area contributed by atoms with Crippen molar-refractivity contribution in [2.24, 2.45) is 0 Å². The van der Waals surface area contributed by atoms with E-state index in [9.17, 15) is 18.0 Å². The topological polar surface area (TPSA) is 92.8 Å². The molecule has 0 aromatic heterocycles. The molecule has 3 rings (SSSR count). The van der Waals surface area contributed by atoms with Crippen LogP contribution < -0.4 is 4.72 Å². The molecule has 1 amide bonds. The Labute approximate surface area is 181 Å². The van der Waals surface area contributed by atoms with E-state index >= 15 is 0 Å². The molecule has 1 N–H and O–H groups in total. The van der Waals surface area contributed by atoms with E-state index in [2.05, 4.69) is 4.72 Å². The average molecular weight is 451 g/mol. The van der Waals surface area contributed by atoms with Gasteiger partial charge in [-0.2, -0.15) is 0 Å². The van der Waals surface area contributed by atoms with Crippen LogP contribution >= 0.6 is 11.6 Å². The molecule has 0 atom stereocenters. The quantitative estimate of drug-likeness (QED) is 0.707. The minimum atomic E-state index is -3.71. The van der Waals surface area contributed by atoms with Crippen molar-refractivity contribution in [3.8, 4) is 0 Å². The van der Waals surface area contributed by atoms with E-state index in [-0.39, 0.29) is 27.4 Å². The monoisotopic (exact) mass is 450 g/mol. The lowest BCUT2D eigenvalue weighted by atomic mass is 9.72. The molecule has 160 valence electrons. The zero-order chi connectivity index (χ0) is 21.9. The molecule has 0 saturated carbocycles. The first-order valence-electron chi connectivity index (χ1n) is 9.41. The van der Waals surface area contributed by atoms with Gasteiger partial charge in [0.15, 0.2) is 0 Å². The smallest absolute Gasteiger partial charge is 0.316 e. The molecular formula is C21H23ClN2O5S. The number of nitrogens with zero attached hydrogens (tertiary/aromatic N) is 1. The second-order valence-corrected chi connectivity index (χ2v) is 9.37. The normalized spacial score (nSPS) is 16.2. The zero-order valence-corrected chi connectivity index (χ0v) is 18.3. The van der Waals surface area contributed by atoms with Gasteiger partial charge in [-0.3, -0.25) is 9.59 Å². The zero-order valence-electron chi connectivity index (χ0n) is 16.7. The van der Waals surface area contributed by atoms with Gasteiger partial charge in [0.25, 0.3) is 5.91 Å². The third kappa shape index (κ3) is 4.08. The van der Waals surface area contributed by atoms with E-state index < -0.39 is 15.4 Å². The fraction of sp³-hybridized carbons (Fsp3) is 0.333. The number of amides is 1. The number of benzene rings is 2. The fourth-order valence-electron chi connectivity index (χ4n) is 3.78. The summed E-state index contributed by atoms with van der Waals surface area (Å²) in [5.74, 6) is -0.708. The van der Waals surface area contributed by atoms with Crippen molar-refractivity contribution < 1.29 is 22.7 Å². The number of ether oxygens (including phenoxy) is 1. The number of sulfonamides is 1. The molecule has 9 heteroatoms. The molecule has 1 aliphatic rings. The number of carbonyl (C=O) groups excluding carboxylic acids is 2. The van der Waals surface area contributed by atoms with Crippen LogP contribution in [0.5, 0.6) is 0 Å². The van der Waals surface area contributed by atoms with Crippen molar-refractivity contribution in [2.75, 3.05) is 27.2 Å². The van der Waals surface area contributed by atoms with Gasteiger partial charge in [-0.1, -0.05) is 41.9 Å². The minimum absolute atomic E-state index is 0.0389. The van der Waals surface area contributed by atoms with Crippen molar-refractivity contribution in [1.29, 1.82) is 0 Å². The summed E-state index contributed by atoms with van der Waals surface area (Å²) in [6.45, 7) is 0.615. The molecule has 2 aromatic rings. The molecule has 0 aliphatic carbocycles. The Morgan fingerprint density at radius 3 is 2.30 bits per heavy atom. The largest absolute Gasteiger partial charge is 0.468 e. The van der Waals surface area contributed by atoms with Crippen molar-refractivity contribution in [1.82, 2.24) is 9.62 Å². The number of carbonyl (C=O) groups is 2. The van der Waals surface area contributed by atoms with E-state index in [0.717, 1.165) is 5.56 Å². The summed E-state index contributed by atoms with van der Waals surface area (Å²) in [7, 11) is -1.05. The molecule has 1 heterocycles. The van der Waals surface area contributed by atoms with Crippen LogP contribution in [0.15, 0.2) is 53.4 Å². The third-order valence-corrected chi connectivity index (χ3v) is 7.30. The predicted octanol–water partition coefficient (Wildman–Crippen LogP) is 2.60. The highest BCUT2D eigenvalue weighted by atomic mass is 35.5. The highest BCUT2D eigenvalue weighted by Crippen LogP contribution is 2.37. The van der Waals surface area contributed by atoms with Crippen LogP contribution in [0.25, 0.3) is 0 Å². The van der Waals surface area contributed by atoms with Crippen LogP contribution in [0, 0.1) is 0 Å². The maximum Gasteiger partial charge on any atom is 0.316 e. The predicted molar refractivity (Wildman–Crippen MR) is 113 cm³/mol. The fourth-order valence-corrected chi connectivity index (χ4v) is 4.73. The minimum Gasteiger partial charge on any atom is -0.468 e. The van der Waals surface area contributed by atoms with Gasteiger partial charge >= 0.3 is 5.97 Å². The van der Waals surface area contributed by atoms with Gasteiger partial charge in [0, 0.05) is 13.1 Å². The van der Waals surface area contributed by atoms with E-state index in [1.54, 1.807) is 4.90 Å². The summed E-state index contributed by atoms with van der Waals surface area (Å²) in [4.78, 5) is 27.3. The van der Waals surface area contributed by atoms with Gasteiger partial charge in [0.2, 0.25) is 10.0 Å². The van der Waals surface area contributed by atoms with Crippen molar-refractivity contribution in [2.45, 2.75) is 23.2 Å². The maximum absolute atomic E-state index is 13.1. The second-order valence-electron chi connectivity index (χ2n) is 7.08. The Balaban J connectivity index is 1.86. The maximum atomic E-state index is 13.1. The Hall–Kier alpha value is -2.42. The lowest BCUT2D eigenvalue weighted by Crippen LogP contribution is -2.49. The summed E-state index contributed by atoms with van der Waals surface area (Å²) in [6.07, 6.45) is 0.781. The summed E-state index contributed by atoms with van der Waals surface area (Å²) >= 11 is 6.19. The van der Waals surface area contributed by atoms with Crippen LogP contribution in [0.2, 0.25) is 5.02 Å². The van der Waals surface area contributed by atoms with E-state index in [0.29, 0.717) is 25.9 Å². The molecule has 0 radical (unpaired) electrons. The number of hydrogen-bond donors (Lipinski definition) is 1. The van der Waals surface area contributed by atoms with Gasteiger partial charge in [-0.05, 0) is 43.7 Å². The second kappa shape index (κ2) is 8.75. The number of methoxy groups -OCH3 is 1. The lowest BCUT2D eigenvalue weighted by Gasteiger charge is -2.40. The number of esters is 1. The molecule has 7 nitrogen and oxygen atoms in total. The number of rotatable bonds is 5. The van der Waals surface area contributed by atoms with E-state index in [1.807, 2.05) is 30.3 Å². The molecule has 2 aromatic carbocycles. The van der Waals surface area contributed by atoms with Gasteiger partial charge in [-0.25, -0.2) is 13.1 Å². The van der Waals surface area contributed by atoms with Gasteiger partial charge in [0.05, 0.1) is 28.0 Å². The number of nitrogens with one attached hydrogen (secondary N) is 1. The molecule has 0 unspecified atom stereocenters. The van der Waals surface area contributed by atoms with Crippen LogP contribution in [0.4, 0.5) is 0 Å². The van der Waals surface area contributed by atoms with Gasteiger partial charge < -0.3 is 9.64 Å². The molecule has 0 spiro atoms. The van der Waals surface area contributed by atoms with Gasteiger partial charge in [-0.15, -0.1) is 0 Å². The molecular weight excluding hydrogens is 428 g/mol. The average Bonchev–Trinajstić information content (AvgIpc) is 2.78. The van der Waals surface area contributed by atoms with Crippen molar-refractivity contribution in [3.05, 3.63) is 64.7 Å². The van der Waals surface area contributed by atoms with E-state index in [4.69, 9.17) is 16.3 Å². The summed E-state index contributed by atoms with van der Waals surface area (Å²) in [5.41, 5.74) is 0.135. The first-order valence-corrected chi connectivity index (χ1v) is 11.3. The van der Waals surface area contributed by atoms with Crippen LogP contribution in [-0.4, -0.2) is 52.4 Å². The van der Waals surface area contributed by atoms with Crippen molar-refractivity contribution >= 4 is 33.5 Å². The van der Waals surface area contributed by atoms with E-state index in [1.165, 1.54) is 32.4 Å². The Bertz CT molecular complexity index is 1050. The van der Waals surface area contributed by atoms with Crippen LogP contribution in [-0.2, 0) is 25.0 Å². The van der Waals surface area contributed by atoms with Crippen LogP contribution in [0.1, 0.15) is 28.8 Å². The molecule has 1 fully saturated rings. The number of piperidine rings is 1. The highest BCUT2D eigenvalue weighted by molar-refractivity contribution is 7.89. The molecule has 0 bridgehead atoms. The highest BCUT2D eigenvalue weighted by Gasteiger charge is 2.45. The molecule has 1 aliphatic heterocycles. The van der Waals surface area contributed by atoms with Crippen molar-refractivity contribution in [3.63, 3.8) is 0 Å². The number of likely N-dealkylation sites (tertiary alicyclic amines) is 1. The third-order valence-electron chi connectivity index (χ3n) is 5.55. The SMILES string of the molecule is CNS(=O)(=O)c1ccc(Cl)c(C(=O)N2CCC(C(=O)OC)(c3ccccc3)CC2)c1. The number of hydrogen-bond acceptors (Lipinski definition) is 5. The Morgan fingerprint density at radius 2 is 1.73 bits per heavy atom. The first-order chi connectivity index (χ1) is 14.2. The van der Waals surface area contributed by atoms with Gasteiger partial charge in [0.1, 0.15) is 0 Å². The summed E-state index contributed by atoms with van der Waals surface area (Å²) in [5, 5.41) is 0.169. The lowest BCUT2D eigenvalue weighted by molar-refractivity contribution is -0.149.